The van der Waals surface area contributed by atoms with Gasteiger partial charge in [0.15, 0.2) is 0 Å². The molecule has 0 aliphatic rings. The third kappa shape index (κ3) is 3.68. The average Bonchev–Trinajstić information content (AvgIpc) is 2.15. The van der Waals surface area contributed by atoms with Crippen LogP contribution >= 0.6 is 11.6 Å². The monoisotopic (exact) mass is 214 g/mol. The Bertz CT molecular complexity index is 318. The number of nitrogens with zero attached hydrogens (tertiary/aromatic N) is 2. The Kier molecular flexibility index (Phi) is 4.28. The number of hydrogen-bond acceptors (Lipinski definition) is 4. The maximum Gasteiger partial charge on any atom is 0.226 e. The third-order valence-electron chi connectivity index (χ3n) is 1.50. The molecule has 2 N–H and O–H groups in total. The van der Waals surface area contributed by atoms with Crippen molar-refractivity contribution in [2.24, 2.45) is 0 Å². The van der Waals surface area contributed by atoms with E-state index in [-0.39, 0.29) is 11.2 Å². The fourth-order valence-corrected chi connectivity index (χ4v) is 0.996. The van der Waals surface area contributed by atoms with Gasteiger partial charge in [-0.05, 0) is 24.7 Å². The first kappa shape index (κ1) is 10.9. The lowest BCUT2D eigenvalue weighted by Crippen LogP contribution is -2.19. The predicted molar refractivity (Wildman–Crippen MR) is 54.2 cm³/mol. The van der Waals surface area contributed by atoms with Crippen LogP contribution in [0.5, 0.6) is 0 Å². The van der Waals surface area contributed by atoms with Gasteiger partial charge in [0, 0.05) is 19.2 Å². The van der Waals surface area contributed by atoms with Gasteiger partial charge < -0.3 is 10.6 Å². The summed E-state index contributed by atoms with van der Waals surface area (Å²) in [6.45, 7) is 0.630. The molecule has 76 valence electrons. The highest BCUT2D eigenvalue weighted by molar-refractivity contribution is 6.28. The van der Waals surface area contributed by atoms with Gasteiger partial charge in [0.25, 0.3) is 0 Å². The number of carbonyl (C=O) groups excluding carboxylic acids is 1. The van der Waals surface area contributed by atoms with Crippen LogP contribution in [0.3, 0.4) is 0 Å². The van der Waals surface area contributed by atoms with Crippen molar-refractivity contribution < 1.29 is 4.79 Å². The Hall–Kier alpha value is -1.20. The van der Waals surface area contributed by atoms with Crippen LogP contribution in [0.1, 0.15) is 6.42 Å². The zero-order chi connectivity index (χ0) is 10.4. The number of amides is 1. The van der Waals surface area contributed by atoms with Gasteiger partial charge in [0.05, 0.1) is 0 Å². The van der Waals surface area contributed by atoms with E-state index in [1.54, 1.807) is 13.1 Å². The largest absolute Gasteiger partial charge is 0.319 e. The molecule has 14 heavy (non-hydrogen) atoms. The highest BCUT2D eigenvalue weighted by Crippen LogP contribution is 2.05. The first-order valence-corrected chi connectivity index (χ1v) is 4.53. The maximum absolute atomic E-state index is 11.2. The predicted octanol–water partition coefficient (Wildman–Crippen LogP) is 0.678. The summed E-state index contributed by atoms with van der Waals surface area (Å²) in [6, 6.07) is 1.59. The fraction of sp³-hybridized carbons (Fsp3) is 0.375. The number of carbonyl (C=O) groups is 1. The minimum Gasteiger partial charge on any atom is -0.319 e. The van der Waals surface area contributed by atoms with E-state index in [2.05, 4.69) is 20.6 Å². The number of anilines is 1. The van der Waals surface area contributed by atoms with Gasteiger partial charge in [-0.1, -0.05) is 0 Å². The molecule has 0 atom stereocenters. The lowest BCUT2D eigenvalue weighted by molar-refractivity contribution is -0.116. The molecular formula is C8H11ClN4O. The van der Waals surface area contributed by atoms with Crippen molar-refractivity contribution >= 4 is 23.3 Å². The molecule has 0 fully saturated rings. The Morgan fingerprint density at radius 1 is 1.64 bits per heavy atom. The van der Waals surface area contributed by atoms with Crippen molar-refractivity contribution in [3.05, 3.63) is 17.5 Å². The van der Waals surface area contributed by atoms with Crippen LogP contribution in [0.4, 0.5) is 5.82 Å². The molecule has 0 radical (unpaired) electrons. The van der Waals surface area contributed by atoms with Crippen LogP contribution in [-0.2, 0) is 4.79 Å². The Morgan fingerprint density at radius 3 is 3.07 bits per heavy atom. The van der Waals surface area contributed by atoms with Crippen molar-refractivity contribution in [3.8, 4) is 0 Å². The molecule has 0 spiro atoms. The highest BCUT2D eigenvalue weighted by Gasteiger charge is 2.02. The third-order valence-corrected chi connectivity index (χ3v) is 1.68. The molecular weight excluding hydrogens is 204 g/mol. The number of halogens is 1. The van der Waals surface area contributed by atoms with Gasteiger partial charge in [-0.15, -0.1) is 0 Å². The Labute approximate surface area is 86.9 Å². The second-order valence-electron chi connectivity index (χ2n) is 2.61. The second-order valence-corrected chi connectivity index (χ2v) is 2.95. The molecule has 1 amide bonds. The van der Waals surface area contributed by atoms with Gasteiger partial charge >= 0.3 is 0 Å². The number of rotatable bonds is 4. The van der Waals surface area contributed by atoms with Crippen molar-refractivity contribution in [2.45, 2.75) is 6.42 Å². The molecule has 1 aromatic rings. The molecule has 6 heteroatoms. The summed E-state index contributed by atoms with van der Waals surface area (Å²) in [6.07, 6.45) is 1.89. The summed E-state index contributed by atoms with van der Waals surface area (Å²) in [5.41, 5.74) is 0. The van der Waals surface area contributed by atoms with Crippen molar-refractivity contribution in [2.75, 3.05) is 18.9 Å². The molecule has 0 unspecified atom stereocenters. The standard InChI is InChI=1S/C8H11ClN4O/c1-10-4-3-7(14)12-6-2-5-11-8(9)13-6/h2,5,10H,3-4H2,1H3,(H,11,12,13,14). The fourth-order valence-electron chi connectivity index (χ4n) is 0.848. The minimum atomic E-state index is -0.103. The molecule has 0 aliphatic heterocycles. The summed E-state index contributed by atoms with van der Waals surface area (Å²) < 4.78 is 0. The van der Waals surface area contributed by atoms with Gasteiger partial charge in [-0.2, -0.15) is 0 Å². The first-order chi connectivity index (χ1) is 6.72. The Morgan fingerprint density at radius 2 is 2.43 bits per heavy atom. The van der Waals surface area contributed by atoms with Crippen molar-refractivity contribution in [1.29, 1.82) is 0 Å². The van der Waals surface area contributed by atoms with Gasteiger partial charge in [-0.25, -0.2) is 9.97 Å². The van der Waals surface area contributed by atoms with Crippen LogP contribution in [0.15, 0.2) is 12.3 Å². The molecule has 0 aliphatic carbocycles. The molecule has 0 saturated carbocycles. The SMILES string of the molecule is CNCCC(=O)Nc1ccnc(Cl)n1. The summed E-state index contributed by atoms with van der Waals surface area (Å²) >= 11 is 5.55. The highest BCUT2D eigenvalue weighted by atomic mass is 35.5. The normalized spacial score (nSPS) is 9.86. The van der Waals surface area contributed by atoms with E-state index < -0.39 is 0 Å². The minimum absolute atomic E-state index is 0.103. The van der Waals surface area contributed by atoms with Crippen LogP contribution in [0, 0.1) is 0 Å². The van der Waals surface area contributed by atoms with Gasteiger partial charge in [-0.3, -0.25) is 4.79 Å². The smallest absolute Gasteiger partial charge is 0.226 e. The molecule has 1 heterocycles. The van der Waals surface area contributed by atoms with E-state index >= 15 is 0 Å². The van der Waals surface area contributed by atoms with Crippen LogP contribution in [0.2, 0.25) is 5.28 Å². The second kappa shape index (κ2) is 5.51. The molecule has 1 rings (SSSR count). The van der Waals surface area contributed by atoms with Crippen LogP contribution in [-0.4, -0.2) is 29.5 Å². The first-order valence-electron chi connectivity index (χ1n) is 4.15. The molecule has 1 aromatic heterocycles. The average molecular weight is 215 g/mol. The van der Waals surface area contributed by atoms with E-state index in [4.69, 9.17) is 11.6 Å². The van der Waals surface area contributed by atoms with Gasteiger partial charge in [0.2, 0.25) is 11.2 Å². The summed E-state index contributed by atoms with van der Waals surface area (Å²) in [5, 5.41) is 5.60. The van der Waals surface area contributed by atoms with E-state index in [1.807, 2.05) is 0 Å². The number of nitrogens with one attached hydrogen (secondary N) is 2. The number of aromatic nitrogens is 2. The van der Waals surface area contributed by atoms with E-state index in [9.17, 15) is 4.79 Å². The van der Waals surface area contributed by atoms with E-state index in [0.29, 0.717) is 18.8 Å². The summed E-state index contributed by atoms with van der Waals surface area (Å²) in [5.74, 6) is 0.320. The van der Waals surface area contributed by atoms with Gasteiger partial charge in [0.1, 0.15) is 5.82 Å². The molecule has 0 aromatic carbocycles. The van der Waals surface area contributed by atoms with Crippen molar-refractivity contribution in [3.63, 3.8) is 0 Å². The number of hydrogen-bond donors (Lipinski definition) is 2. The summed E-state index contributed by atoms with van der Waals surface area (Å²) in [4.78, 5) is 18.8. The van der Waals surface area contributed by atoms with E-state index in [1.165, 1.54) is 6.20 Å². The zero-order valence-electron chi connectivity index (χ0n) is 7.75. The lowest BCUT2D eigenvalue weighted by Gasteiger charge is -2.03. The van der Waals surface area contributed by atoms with Crippen LogP contribution in [0.25, 0.3) is 0 Å². The Balaban J connectivity index is 2.47. The van der Waals surface area contributed by atoms with Crippen LogP contribution < -0.4 is 10.6 Å². The topological polar surface area (TPSA) is 66.9 Å². The molecule has 5 nitrogen and oxygen atoms in total. The quantitative estimate of drug-likeness (QED) is 0.724. The van der Waals surface area contributed by atoms with Crippen molar-refractivity contribution in [1.82, 2.24) is 15.3 Å². The van der Waals surface area contributed by atoms with E-state index in [0.717, 1.165) is 0 Å². The lowest BCUT2D eigenvalue weighted by atomic mass is 10.4. The maximum atomic E-state index is 11.2. The summed E-state index contributed by atoms with van der Waals surface area (Å²) in [7, 11) is 1.79. The molecule has 0 bridgehead atoms. The molecule has 0 saturated heterocycles. The zero-order valence-corrected chi connectivity index (χ0v) is 8.51.